The topological polar surface area (TPSA) is 39.4 Å². The van der Waals surface area contributed by atoms with Crippen LogP contribution >= 0.6 is 11.8 Å². The van der Waals surface area contributed by atoms with Crippen molar-refractivity contribution >= 4 is 17.7 Å². The van der Waals surface area contributed by atoms with Crippen LogP contribution in [0.3, 0.4) is 0 Å². The normalized spacial score (nSPS) is 10.4. The molecule has 0 bridgehead atoms. The van der Waals surface area contributed by atoms with Gasteiger partial charge in [-0.3, -0.25) is 4.79 Å². The molecular formula is C15H16O3S. The molecule has 0 amide bonds. The molecule has 0 spiro atoms. The molecule has 0 N–H and O–H groups in total. The van der Waals surface area contributed by atoms with Crippen LogP contribution in [0.25, 0.3) is 0 Å². The molecule has 100 valence electrons. The molecule has 0 saturated carbocycles. The summed E-state index contributed by atoms with van der Waals surface area (Å²) in [5, 5.41) is 0. The molecule has 19 heavy (non-hydrogen) atoms. The third-order valence-corrected chi connectivity index (χ3v) is 3.83. The fraction of sp³-hybridized carbons (Fsp3) is 0.267. The first kappa shape index (κ1) is 13.7. The van der Waals surface area contributed by atoms with E-state index in [1.54, 1.807) is 11.8 Å². The van der Waals surface area contributed by atoms with Gasteiger partial charge in [0.1, 0.15) is 11.5 Å². The minimum absolute atomic E-state index is 0.216. The van der Waals surface area contributed by atoms with Crippen LogP contribution in [0.1, 0.15) is 17.9 Å². The number of hydrogen-bond donors (Lipinski definition) is 0. The highest BCUT2D eigenvalue weighted by Crippen LogP contribution is 2.32. The lowest BCUT2D eigenvalue weighted by Gasteiger charge is -1.97. The highest BCUT2D eigenvalue weighted by Gasteiger charge is 2.10. The van der Waals surface area contributed by atoms with Crippen molar-refractivity contribution in [3.05, 3.63) is 47.9 Å². The largest absolute Gasteiger partial charge is 0.469 e. The summed E-state index contributed by atoms with van der Waals surface area (Å²) in [6.45, 7) is 1.94. The van der Waals surface area contributed by atoms with Crippen LogP contribution in [0.5, 0.6) is 0 Å². The quantitative estimate of drug-likeness (QED) is 0.778. The van der Waals surface area contributed by atoms with E-state index in [1.807, 2.05) is 31.2 Å². The number of methoxy groups -OCH3 is 1. The van der Waals surface area contributed by atoms with E-state index in [9.17, 15) is 4.79 Å². The summed E-state index contributed by atoms with van der Waals surface area (Å²) >= 11 is 1.67. The number of aryl methyl sites for hydroxylation is 2. The van der Waals surface area contributed by atoms with Gasteiger partial charge in [-0.05, 0) is 25.1 Å². The standard InChI is InChI=1S/C15H16O3S/c1-11-14(19-13-6-4-3-5-7-13)10-12(18-11)8-9-15(16)17-2/h3-7,10H,8-9H2,1-2H3. The highest BCUT2D eigenvalue weighted by atomic mass is 32.2. The monoisotopic (exact) mass is 276 g/mol. The zero-order valence-corrected chi connectivity index (χ0v) is 11.8. The fourth-order valence-corrected chi connectivity index (χ4v) is 2.61. The van der Waals surface area contributed by atoms with Crippen molar-refractivity contribution in [3.63, 3.8) is 0 Å². The molecule has 1 aromatic carbocycles. The molecule has 0 radical (unpaired) electrons. The molecule has 2 rings (SSSR count). The van der Waals surface area contributed by atoms with Crippen molar-refractivity contribution in [1.29, 1.82) is 0 Å². The number of ether oxygens (including phenoxy) is 1. The van der Waals surface area contributed by atoms with Crippen molar-refractivity contribution < 1.29 is 13.9 Å². The maximum absolute atomic E-state index is 11.1. The average molecular weight is 276 g/mol. The number of carbonyl (C=O) groups is 1. The van der Waals surface area contributed by atoms with Crippen LogP contribution in [-0.2, 0) is 16.0 Å². The minimum atomic E-state index is -0.216. The third-order valence-electron chi connectivity index (χ3n) is 2.70. The van der Waals surface area contributed by atoms with Gasteiger partial charge in [-0.1, -0.05) is 30.0 Å². The zero-order chi connectivity index (χ0) is 13.7. The first-order valence-electron chi connectivity index (χ1n) is 6.08. The summed E-state index contributed by atoms with van der Waals surface area (Å²) in [6.07, 6.45) is 0.918. The molecule has 0 fully saturated rings. The summed E-state index contributed by atoms with van der Waals surface area (Å²) in [5.41, 5.74) is 0. The van der Waals surface area contributed by atoms with Crippen molar-refractivity contribution in [3.8, 4) is 0 Å². The average Bonchev–Trinajstić information content (AvgIpc) is 2.78. The van der Waals surface area contributed by atoms with E-state index in [0.29, 0.717) is 12.8 Å². The number of esters is 1. The van der Waals surface area contributed by atoms with Gasteiger partial charge in [0.05, 0.1) is 18.4 Å². The van der Waals surface area contributed by atoms with E-state index in [1.165, 1.54) is 12.0 Å². The van der Waals surface area contributed by atoms with E-state index in [4.69, 9.17) is 4.42 Å². The number of benzene rings is 1. The summed E-state index contributed by atoms with van der Waals surface area (Å²) in [7, 11) is 1.40. The van der Waals surface area contributed by atoms with Gasteiger partial charge >= 0.3 is 5.97 Å². The van der Waals surface area contributed by atoms with E-state index >= 15 is 0 Å². The van der Waals surface area contributed by atoms with Gasteiger partial charge in [-0.15, -0.1) is 0 Å². The summed E-state index contributed by atoms with van der Waals surface area (Å²) < 4.78 is 10.3. The molecular weight excluding hydrogens is 260 g/mol. The van der Waals surface area contributed by atoms with Gasteiger partial charge in [0.2, 0.25) is 0 Å². The Kier molecular flexibility index (Phi) is 4.68. The van der Waals surface area contributed by atoms with E-state index in [0.717, 1.165) is 16.4 Å². The molecule has 1 heterocycles. The number of rotatable bonds is 5. The zero-order valence-electron chi connectivity index (χ0n) is 11.0. The SMILES string of the molecule is COC(=O)CCc1cc(Sc2ccccc2)c(C)o1. The summed E-state index contributed by atoms with van der Waals surface area (Å²) in [4.78, 5) is 13.4. The lowest BCUT2D eigenvalue weighted by Crippen LogP contribution is -2.01. The van der Waals surface area contributed by atoms with Crippen molar-refractivity contribution in [2.45, 2.75) is 29.6 Å². The van der Waals surface area contributed by atoms with E-state index in [2.05, 4.69) is 16.9 Å². The minimum Gasteiger partial charge on any atom is -0.469 e. The second-order valence-corrected chi connectivity index (χ2v) is 5.24. The second-order valence-electron chi connectivity index (χ2n) is 4.12. The molecule has 0 saturated heterocycles. The molecule has 0 unspecified atom stereocenters. The number of hydrogen-bond acceptors (Lipinski definition) is 4. The molecule has 0 aliphatic heterocycles. The molecule has 3 nitrogen and oxygen atoms in total. The second kappa shape index (κ2) is 6.48. The van der Waals surface area contributed by atoms with Gasteiger partial charge < -0.3 is 9.15 Å². The van der Waals surface area contributed by atoms with E-state index in [-0.39, 0.29) is 5.97 Å². The van der Waals surface area contributed by atoms with Crippen LogP contribution in [0.15, 0.2) is 50.6 Å². The molecule has 0 aliphatic carbocycles. The summed E-state index contributed by atoms with van der Waals surface area (Å²) in [5.74, 6) is 1.49. The van der Waals surface area contributed by atoms with E-state index < -0.39 is 0 Å². The van der Waals surface area contributed by atoms with Crippen molar-refractivity contribution in [2.75, 3.05) is 7.11 Å². The maximum Gasteiger partial charge on any atom is 0.305 e. The maximum atomic E-state index is 11.1. The predicted octanol–water partition coefficient (Wildman–Crippen LogP) is 3.84. The lowest BCUT2D eigenvalue weighted by molar-refractivity contribution is -0.140. The Morgan fingerprint density at radius 2 is 2.05 bits per heavy atom. The third kappa shape index (κ3) is 3.89. The molecule has 1 aromatic heterocycles. The van der Waals surface area contributed by atoms with Crippen LogP contribution in [0.4, 0.5) is 0 Å². The number of carbonyl (C=O) groups excluding carboxylic acids is 1. The van der Waals surface area contributed by atoms with Gasteiger partial charge in [0.25, 0.3) is 0 Å². The van der Waals surface area contributed by atoms with Crippen LogP contribution in [-0.4, -0.2) is 13.1 Å². The molecule has 4 heteroatoms. The molecule has 0 atom stereocenters. The van der Waals surface area contributed by atoms with Crippen LogP contribution in [0.2, 0.25) is 0 Å². The smallest absolute Gasteiger partial charge is 0.305 e. The van der Waals surface area contributed by atoms with Crippen LogP contribution in [0, 0.1) is 6.92 Å². The van der Waals surface area contributed by atoms with Gasteiger partial charge in [0, 0.05) is 11.3 Å². The van der Waals surface area contributed by atoms with Crippen LogP contribution < -0.4 is 0 Å². The molecule has 2 aromatic rings. The number of furan rings is 1. The first-order valence-corrected chi connectivity index (χ1v) is 6.89. The van der Waals surface area contributed by atoms with Crippen molar-refractivity contribution in [1.82, 2.24) is 0 Å². The van der Waals surface area contributed by atoms with Crippen molar-refractivity contribution in [2.24, 2.45) is 0 Å². The highest BCUT2D eigenvalue weighted by molar-refractivity contribution is 7.99. The summed E-state index contributed by atoms with van der Waals surface area (Å²) in [6, 6.07) is 12.1. The Labute approximate surface area is 117 Å². The predicted molar refractivity (Wildman–Crippen MR) is 74.3 cm³/mol. The van der Waals surface area contributed by atoms with Gasteiger partial charge in [-0.2, -0.15) is 0 Å². The fourth-order valence-electron chi connectivity index (χ4n) is 1.69. The Balaban J connectivity index is 2.02. The lowest BCUT2D eigenvalue weighted by atomic mass is 10.2. The first-order chi connectivity index (χ1) is 9.19. The Bertz CT molecular complexity index is 546. The Hall–Kier alpha value is -1.68. The van der Waals surface area contributed by atoms with Gasteiger partial charge in [-0.25, -0.2) is 0 Å². The Morgan fingerprint density at radius 1 is 1.32 bits per heavy atom. The Morgan fingerprint density at radius 3 is 2.74 bits per heavy atom. The molecule has 0 aliphatic rings. The van der Waals surface area contributed by atoms with Gasteiger partial charge in [0.15, 0.2) is 0 Å².